The summed E-state index contributed by atoms with van der Waals surface area (Å²) < 4.78 is 6.51. The van der Waals surface area contributed by atoms with Gasteiger partial charge < -0.3 is 15.2 Å². The fourth-order valence-electron chi connectivity index (χ4n) is 1.86. The van der Waals surface area contributed by atoms with Gasteiger partial charge in [-0.25, -0.2) is 4.79 Å². The molecular formula is C15H22BrNO3. The molecule has 0 bridgehead atoms. The first-order valence-corrected chi connectivity index (χ1v) is 7.77. The lowest BCUT2D eigenvalue weighted by Gasteiger charge is -2.18. The first-order chi connectivity index (χ1) is 9.60. The van der Waals surface area contributed by atoms with Crippen molar-refractivity contribution in [1.82, 2.24) is 5.32 Å². The Bertz CT molecular complexity index is 437. The number of benzene rings is 1. The molecule has 0 amide bonds. The fourth-order valence-corrected chi connectivity index (χ4v) is 2.36. The predicted molar refractivity (Wildman–Crippen MR) is 83.1 cm³/mol. The summed E-state index contributed by atoms with van der Waals surface area (Å²) in [7, 11) is 0. The van der Waals surface area contributed by atoms with E-state index in [4.69, 9.17) is 4.74 Å². The van der Waals surface area contributed by atoms with Crippen LogP contribution in [0.4, 0.5) is 0 Å². The minimum atomic E-state index is -0.921. The predicted octanol–water partition coefficient (Wildman–Crippen LogP) is 3.58. The van der Waals surface area contributed by atoms with E-state index < -0.39 is 12.1 Å². The van der Waals surface area contributed by atoms with Gasteiger partial charge in [-0.3, -0.25) is 0 Å². The number of carboxylic acid groups (broad SMARTS) is 1. The summed E-state index contributed by atoms with van der Waals surface area (Å²) in [4.78, 5) is 11.2. The van der Waals surface area contributed by atoms with E-state index >= 15 is 0 Å². The Morgan fingerprint density at radius 3 is 2.75 bits per heavy atom. The van der Waals surface area contributed by atoms with Crippen LogP contribution >= 0.6 is 15.9 Å². The fraction of sp³-hybridized carbons (Fsp3) is 0.533. The lowest BCUT2D eigenvalue weighted by atomic mass is 10.1. The minimum Gasteiger partial charge on any atom is -0.479 e. The number of carboxylic acids is 1. The number of carbonyl (C=O) groups is 1. The first-order valence-electron chi connectivity index (χ1n) is 6.97. The molecule has 20 heavy (non-hydrogen) atoms. The number of aliphatic carboxylic acids is 1. The topological polar surface area (TPSA) is 58.6 Å². The quantitative estimate of drug-likeness (QED) is 0.673. The molecule has 0 saturated heterocycles. The van der Waals surface area contributed by atoms with Gasteiger partial charge in [0.2, 0.25) is 0 Å². The molecule has 4 nitrogen and oxygen atoms in total. The standard InChI is InChI=1S/C15H22BrNO3/c1-3-6-13(15(18)19)20-14-11(10-17-9-4-2)7-5-8-12(14)16/h5,7-8,13,17H,3-4,6,9-10H2,1-2H3,(H,18,19). The number of hydrogen-bond donors (Lipinski definition) is 2. The highest BCUT2D eigenvalue weighted by Gasteiger charge is 2.21. The van der Waals surface area contributed by atoms with Crippen LogP contribution in [-0.4, -0.2) is 23.7 Å². The van der Waals surface area contributed by atoms with Crippen LogP contribution in [-0.2, 0) is 11.3 Å². The lowest BCUT2D eigenvalue weighted by molar-refractivity contribution is -0.145. The third-order valence-electron chi connectivity index (χ3n) is 2.88. The number of hydrogen-bond acceptors (Lipinski definition) is 3. The number of ether oxygens (including phenoxy) is 1. The van der Waals surface area contributed by atoms with Gasteiger partial charge in [0.05, 0.1) is 4.47 Å². The Morgan fingerprint density at radius 1 is 1.40 bits per heavy atom. The lowest BCUT2D eigenvalue weighted by Crippen LogP contribution is -2.27. The van der Waals surface area contributed by atoms with Crippen LogP contribution < -0.4 is 10.1 Å². The molecule has 1 aromatic rings. The van der Waals surface area contributed by atoms with E-state index in [1.165, 1.54) is 0 Å². The van der Waals surface area contributed by atoms with Crippen LogP contribution in [0.15, 0.2) is 22.7 Å². The van der Waals surface area contributed by atoms with E-state index in [2.05, 4.69) is 28.2 Å². The van der Waals surface area contributed by atoms with Gasteiger partial charge in [-0.15, -0.1) is 0 Å². The van der Waals surface area contributed by atoms with Gasteiger partial charge in [-0.1, -0.05) is 32.4 Å². The van der Waals surface area contributed by atoms with Crippen LogP contribution in [0.25, 0.3) is 0 Å². The van der Waals surface area contributed by atoms with Crippen LogP contribution in [0.1, 0.15) is 38.7 Å². The second-order valence-corrected chi connectivity index (χ2v) is 5.49. The van der Waals surface area contributed by atoms with Crippen molar-refractivity contribution in [3.8, 4) is 5.75 Å². The molecule has 1 atom stereocenters. The van der Waals surface area contributed by atoms with Crippen molar-refractivity contribution in [3.05, 3.63) is 28.2 Å². The summed E-state index contributed by atoms with van der Waals surface area (Å²) in [6.45, 7) is 5.64. The van der Waals surface area contributed by atoms with Crippen molar-refractivity contribution in [1.29, 1.82) is 0 Å². The summed E-state index contributed by atoms with van der Waals surface area (Å²) in [6.07, 6.45) is 1.52. The summed E-state index contributed by atoms with van der Waals surface area (Å²) >= 11 is 3.44. The molecule has 0 aliphatic heterocycles. The van der Waals surface area contributed by atoms with Crippen LogP contribution in [0.3, 0.4) is 0 Å². The molecule has 1 rings (SSSR count). The molecule has 0 fully saturated rings. The Morgan fingerprint density at radius 2 is 2.15 bits per heavy atom. The molecule has 2 N–H and O–H groups in total. The van der Waals surface area contributed by atoms with Gasteiger partial charge >= 0.3 is 5.97 Å². The SMILES string of the molecule is CCCNCc1cccc(Br)c1OC(CCC)C(=O)O. The number of rotatable bonds is 9. The van der Waals surface area contributed by atoms with E-state index in [0.717, 1.165) is 29.4 Å². The maximum Gasteiger partial charge on any atom is 0.344 e. The normalized spacial score (nSPS) is 12.2. The van der Waals surface area contributed by atoms with Gasteiger partial charge in [0.1, 0.15) is 5.75 Å². The Kier molecular flexibility index (Phi) is 7.62. The molecule has 1 unspecified atom stereocenters. The zero-order valence-corrected chi connectivity index (χ0v) is 13.6. The van der Waals surface area contributed by atoms with Crippen LogP contribution in [0, 0.1) is 0 Å². The molecule has 0 spiro atoms. The summed E-state index contributed by atoms with van der Waals surface area (Å²) in [6, 6.07) is 5.74. The second kappa shape index (κ2) is 8.97. The van der Waals surface area contributed by atoms with Gasteiger partial charge in [0, 0.05) is 12.1 Å². The summed E-state index contributed by atoms with van der Waals surface area (Å²) in [5, 5.41) is 12.5. The smallest absolute Gasteiger partial charge is 0.344 e. The number of para-hydroxylation sites is 1. The Balaban J connectivity index is 2.87. The van der Waals surface area contributed by atoms with E-state index in [1.54, 1.807) is 0 Å². The molecule has 0 aromatic heterocycles. The highest BCUT2D eigenvalue weighted by molar-refractivity contribution is 9.10. The van der Waals surface area contributed by atoms with Gasteiger partial charge in [-0.2, -0.15) is 0 Å². The number of nitrogens with one attached hydrogen (secondary N) is 1. The second-order valence-electron chi connectivity index (χ2n) is 4.64. The maximum atomic E-state index is 11.2. The average molecular weight is 344 g/mol. The van der Waals surface area contributed by atoms with Gasteiger partial charge in [0.25, 0.3) is 0 Å². The van der Waals surface area contributed by atoms with E-state index in [1.807, 2.05) is 25.1 Å². The van der Waals surface area contributed by atoms with Crippen molar-refractivity contribution in [2.45, 2.75) is 45.8 Å². The first kappa shape index (κ1) is 17.0. The highest BCUT2D eigenvalue weighted by atomic mass is 79.9. The van der Waals surface area contributed by atoms with Crippen LogP contribution in [0.2, 0.25) is 0 Å². The Hall–Kier alpha value is -1.07. The van der Waals surface area contributed by atoms with Gasteiger partial charge in [0.15, 0.2) is 6.10 Å². The molecule has 112 valence electrons. The zero-order chi connectivity index (χ0) is 15.0. The molecule has 0 aliphatic carbocycles. The van der Waals surface area contributed by atoms with Crippen LogP contribution in [0.5, 0.6) is 5.75 Å². The van der Waals surface area contributed by atoms with Gasteiger partial charge in [-0.05, 0) is 41.4 Å². The molecule has 0 radical (unpaired) electrons. The molecule has 1 aromatic carbocycles. The van der Waals surface area contributed by atoms with E-state index in [0.29, 0.717) is 18.7 Å². The van der Waals surface area contributed by atoms with E-state index in [9.17, 15) is 9.90 Å². The summed E-state index contributed by atoms with van der Waals surface area (Å²) in [5.41, 5.74) is 0.968. The largest absolute Gasteiger partial charge is 0.479 e. The molecule has 0 saturated carbocycles. The third-order valence-corrected chi connectivity index (χ3v) is 3.50. The van der Waals surface area contributed by atoms with Crippen molar-refractivity contribution >= 4 is 21.9 Å². The molecule has 0 aliphatic rings. The minimum absolute atomic E-state index is 0.499. The van der Waals surface area contributed by atoms with E-state index in [-0.39, 0.29) is 0 Å². The monoisotopic (exact) mass is 343 g/mol. The van der Waals surface area contributed by atoms with Crippen molar-refractivity contribution in [3.63, 3.8) is 0 Å². The zero-order valence-electron chi connectivity index (χ0n) is 12.0. The molecule has 5 heteroatoms. The molecule has 0 heterocycles. The van der Waals surface area contributed by atoms with Crippen molar-refractivity contribution in [2.75, 3.05) is 6.54 Å². The molecular weight excluding hydrogens is 322 g/mol. The third kappa shape index (κ3) is 5.13. The Labute approximate surface area is 128 Å². The maximum absolute atomic E-state index is 11.2. The van der Waals surface area contributed by atoms with Crippen molar-refractivity contribution < 1.29 is 14.6 Å². The summed E-state index contributed by atoms with van der Waals surface area (Å²) in [5.74, 6) is -0.299. The highest BCUT2D eigenvalue weighted by Crippen LogP contribution is 2.30. The average Bonchev–Trinajstić information content (AvgIpc) is 2.41. The number of halogens is 1. The van der Waals surface area contributed by atoms with Crippen molar-refractivity contribution in [2.24, 2.45) is 0 Å².